The first-order valence-corrected chi connectivity index (χ1v) is 14.1. The fraction of sp³-hybridized carbons (Fsp3) is 0.516. The van der Waals surface area contributed by atoms with E-state index < -0.39 is 64.2 Å². The average molecular weight is 581 g/mol. The van der Waals surface area contributed by atoms with E-state index in [4.69, 9.17) is 18.9 Å². The van der Waals surface area contributed by atoms with E-state index in [0.717, 1.165) is 0 Å². The van der Waals surface area contributed by atoms with Crippen molar-refractivity contribution in [3.05, 3.63) is 60.2 Å². The van der Waals surface area contributed by atoms with Crippen molar-refractivity contribution in [1.29, 1.82) is 0 Å². The van der Waals surface area contributed by atoms with Crippen LogP contribution in [0.3, 0.4) is 0 Å². The van der Waals surface area contributed by atoms with E-state index in [1.807, 2.05) is 0 Å². The Balaban J connectivity index is 2.10. The van der Waals surface area contributed by atoms with Gasteiger partial charge in [-0.2, -0.15) is 0 Å². The standard InChI is InChI=1S/C31H36N2O9/c1-5-41-23(34)15-19-17-30(28(37)39-3)25(21-11-7-9-13-32-21)20(16-24(35)42-6-2)26(22-12-8-10-14-33-22)31(18-19,27(30)36)29(38)40-4/h7-14,19-20,25-26H,5-6,15-18H2,1-4H3. The molecular weight excluding hydrogens is 544 g/mol. The van der Waals surface area contributed by atoms with E-state index in [-0.39, 0.29) is 38.9 Å². The number of fused-ring (bicyclic) bond motifs is 2. The van der Waals surface area contributed by atoms with Gasteiger partial charge in [-0.25, -0.2) is 0 Å². The summed E-state index contributed by atoms with van der Waals surface area (Å²) in [5, 5.41) is 0. The molecule has 0 aromatic carbocycles. The zero-order valence-electron chi connectivity index (χ0n) is 24.2. The lowest BCUT2D eigenvalue weighted by Gasteiger charge is -2.59. The van der Waals surface area contributed by atoms with Crippen LogP contribution in [0, 0.1) is 22.7 Å². The fourth-order valence-corrected chi connectivity index (χ4v) is 7.31. The lowest BCUT2D eigenvalue weighted by Crippen LogP contribution is -2.68. The predicted molar refractivity (Wildman–Crippen MR) is 147 cm³/mol. The zero-order chi connectivity index (χ0) is 30.5. The van der Waals surface area contributed by atoms with Crippen LogP contribution in [0.1, 0.15) is 62.8 Å². The van der Waals surface area contributed by atoms with Gasteiger partial charge in [0.25, 0.3) is 0 Å². The fourth-order valence-electron chi connectivity index (χ4n) is 7.31. The molecule has 224 valence electrons. The van der Waals surface area contributed by atoms with Crippen molar-refractivity contribution in [1.82, 2.24) is 9.97 Å². The summed E-state index contributed by atoms with van der Waals surface area (Å²) in [6, 6.07) is 10.2. The Hall–Kier alpha value is -4.15. The number of ether oxygens (including phenoxy) is 4. The first-order chi connectivity index (χ1) is 20.2. The number of nitrogens with zero attached hydrogens (tertiary/aromatic N) is 2. The van der Waals surface area contributed by atoms with Crippen LogP contribution in [0.25, 0.3) is 0 Å². The van der Waals surface area contributed by atoms with Gasteiger partial charge in [-0.15, -0.1) is 0 Å². The quantitative estimate of drug-likeness (QED) is 0.232. The van der Waals surface area contributed by atoms with E-state index in [2.05, 4.69) is 9.97 Å². The maximum atomic E-state index is 15.0. The highest BCUT2D eigenvalue weighted by atomic mass is 16.5. The monoisotopic (exact) mass is 580 g/mol. The third-order valence-electron chi connectivity index (χ3n) is 8.53. The molecule has 11 nitrogen and oxygen atoms in total. The first kappa shape index (κ1) is 30.8. The molecule has 4 unspecified atom stereocenters. The number of aromatic nitrogens is 2. The second kappa shape index (κ2) is 12.8. The Morgan fingerprint density at radius 1 is 0.762 bits per heavy atom. The van der Waals surface area contributed by atoms with Gasteiger partial charge in [-0.3, -0.25) is 33.9 Å². The normalized spacial score (nSPS) is 28.3. The number of rotatable bonds is 10. The minimum absolute atomic E-state index is 0.110. The molecule has 0 aliphatic heterocycles. The third kappa shape index (κ3) is 5.16. The van der Waals surface area contributed by atoms with Crippen molar-refractivity contribution < 1.29 is 42.9 Å². The summed E-state index contributed by atoms with van der Waals surface area (Å²) in [6.07, 6.45) is 2.43. The molecule has 2 bridgehead atoms. The average Bonchev–Trinajstić information content (AvgIpc) is 2.99. The molecule has 2 aromatic heterocycles. The summed E-state index contributed by atoms with van der Waals surface area (Å²) >= 11 is 0. The lowest BCUT2D eigenvalue weighted by molar-refractivity contribution is -0.193. The van der Waals surface area contributed by atoms with Crippen LogP contribution in [0.5, 0.6) is 0 Å². The van der Waals surface area contributed by atoms with Crippen molar-refractivity contribution in [2.24, 2.45) is 22.7 Å². The van der Waals surface area contributed by atoms with Gasteiger partial charge in [0, 0.05) is 48.5 Å². The minimum Gasteiger partial charge on any atom is -0.468 e. The number of Topliss-reactive ketones (excluding diaryl/α,β-unsaturated/α-hetero) is 1. The van der Waals surface area contributed by atoms with Crippen LogP contribution < -0.4 is 0 Å². The van der Waals surface area contributed by atoms with E-state index in [9.17, 15) is 19.2 Å². The molecule has 0 radical (unpaired) electrons. The maximum absolute atomic E-state index is 15.0. The van der Waals surface area contributed by atoms with Crippen LogP contribution >= 0.6 is 0 Å². The molecule has 42 heavy (non-hydrogen) atoms. The third-order valence-corrected chi connectivity index (χ3v) is 8.53. The van der Waals surface area contributed by atoms with Crippen molar-refractivity contribution >= 4 is 29.7 Å². The van der Waals surface area contributed by atoms with E-state index >= 15 is 4.79 Å². The molecule has 2 heterocycles. The SMILES string of the molecule is CCOC(=O)CC1CC2(C(=O)OC)C(=O)C(C(=O)OC)(C1)C(c1ccccn1)C(CC(=O)OCC)C2c1ccccn1. The van der Waals surface area contributed by atoms with Gasteiger partial charge in [0.2, 0.25) is 0 Å². The van der Waals surface area contributed by atoms with Crippen molar-refractivity contribution in [2.75, 3.05) is 27.4 Å². The molecule has 11 heteroatoms. The predicted octanol–water partition coefficient (Wildman–Crippen LogP) is 3.18. The summed E-state index contributed by atoms with van der Waals surface area (Å²) in [6.45, 7) is 3.61. The van der Waals surface area contributed by atoms with Crippen molar-refractivity contribution in [2.45, 2.75) is 51.4 Å². The number of carbonyl (C=O) groups is 5. The van der Waals surface area contributed by atoms with Gasteiger partial charge >= 0.3 is 23.9 Å². The smallest absolute Gasteiger partial charge is 0.320 e. The number of esters is 4. The van der Waals surface area contributed by atoms with Crippen LogP contribution in [0.15, 0.2) is 48.8 Å². The molecule has 2 aromatic rings. The second-order valence-corrected chi connectivity index (χ2v) is 10.7. The van der Waals surface area contributed by atoms with Gasteiger partial charge in [0.1, 0.15) is 10.8 Å². The Labute approximate surface area is 244 Å². The summed E-state index contributed by atoms with van der Waals surface area (Å²) < 4.78 is 21.2. The number of hydrogen-bond acceptors (Lipinski definition) is 11. The van der Waals surface area contributed by atoms with Crippen molar-refractivity contribution in [3.63, 3.8) is 0 Å². The molecular formula is C31H36N2O9. The van der Waals surface area contributed by atoms with Gasteiger partial charge in [0.15, 0.2) is 5.78 Å². The van der Waals surface area contributed by atoms with E-state index in [1.54, 1.807) is 50.2 Å². The first-order valence-electron chi connectivity index (χ1n) is 14.1. The molecule has 2 fully saturated rings. The van der Waals surface area contributed by atoms with Gasteiger partial charge in [0.05, 0.1) is 27.4 Å². The van der Waals surface area contributed by atoms with Crippen LogP contribution in [-0.2, 0) is 42.9 Å². The highest BCUT2D eigenvalue weighted by molar-refractivity contribution is 6.17. The highest BCUT2D eigenvalue weighted by Crippen LogP contribution is 2.68. The van der Waals surface area contributed by atoms with Gasteiger partial charge in [-0.1, -0.05) is 12.1 Å². The largest absolute Gasteiger partial charge is 0.468 e. The molecule has 4 atom stereocenters. The molecule has 4 rings (SSSR count). The maximum Gasteiger partial charge on any atom is 0.320 e. The number of carbonyl (C=O) groups excluding carboxylic acids is 5. The molecule has 0 spiro atoms. The Bertz CT molecular complexity index is 1240. The summed E-state index contributed by atoms with van der Waals surface area (Å²) in [5.74, 6) is -7.12. The lowest BCUT2D eigenvalue weighted by atomic mass is 9.40. The minimum atomic E-state index is -1.98. The number of methoxy groups -OCH3 is 2. The van der Waals surface area contributed by atoms with E-state index in [0.29, 0.717) is 11.4 Å². The second-order valence-electron chi connectivity index (χ2n) is 10.7. The Kier molecular flexibility index (Phi) is 9.38. The molecule has 2 aliphatic rings. The van der Waals surface area contributed by atoms with Crippen molar-refractivity contribution in [3.8, 4) is 0 Å². The highest BCUT2D eigenvalue weighted by Gasteiger charge is 2.76. The Morgan fingerprint density at radius 3 is 1.60 bits per heavy atom. The Morgan fingerprint density at radius 2 is 1.21 bits per heavy atom. The number of pyridine rings is 2. The number of ketones is 1. The molecule has 0 N–H and O–H groups in total. The topological polar surface area (TPSA) is 148 Å². The van der Waals surface area contributed by atoms with Crippen LogP contribution in [0.2, 0.25) is 0 Å². The molecule has 2 saturated carbocycles. The van der Waals surface area contributed by atoms with E-state index in [1.165, 1.54) is 26.6 Å². The van der Waals surface area contributed by atoms with Gasteiger partial charge in [-0.05, 0) is 62.8 Å². The number of hydrogen-bond donors (Lipinski definition) is 0. The molecule has 0 amide bonds. The van der Waals surface area contributed by atoms with Crippen LogP contribution in [-0.4, -0.2) is 67.1 Å². The molecule has 0 saturated heterocycles. The van der Waals surface area contributed by atoms with Gasteiger partial charge < -0.3 is 18.9 Å². The zero-order valence-corrected chi connectivity index (χ0v) is 24.2. The van der Waals surface area contributed by atoms with Crippen LogP contribution in [0.4, 0.5) is 0 Å². The summed E-state index contributed by atoms with van der Waals surface area (Å²) in [5.41, 5.74) is -3.23. The summed E-state index contributed by atoms with van der Waals surface area (Å²) in [4.78, 5) is 78.1. The summed E-state index contributed by atoms with van der Waals surface area (Å²) in [7, 11) is 2.33. The molecule has 2 aliphatic carbocycles.